The van der Waals surface area contributed by atoms with Crippen molar-refractivity contribution in [3.63, 3.8) is 0 Å². The summed E-state index contributed by atoms with van der Waals surface area (Å²) in [6.07, 6.45) is -12.2. The van der Waals surface area contributed by atoms with E-state index >= 15 is 9.59 Å². The Labute approximate surface area is 464 Å². The summed E-state index contributed by atoms with van der Waals surface area (Å²) in [5.74, 6) is -6.99. The highest BCUT2D eigenvalue weighted by atomic mass is 16.7. The molecule has 0 aromatic heterocycles. The zero-order valence-electron chi connectivity index (χ0n) is 50.0. The van der Waals surface area contributed by atoms with Crippen molar-refractivity contribution in [2.75, 3.05) is 41.0 Å². The number of rotatable bonds is 17. The van der Waals surface area contributed by atoms with Crippen LogP contribution in [0.5, 0.6) is 0 Å². The van der Waals surface area contributed by atoms with Crippen LogP contribution >= 0.6 is 0 Å². The van der Waals surface area contributed by atoms with Crippen LogP contribution in [0.25, 0.3) is 0 Å². The second kappa shape index (κ2) is 28.7. The summed E-state index contributed by atoms with van der Waals surface area (Å²) in [6, 6.07) is 10.4. The predicted molar refractivity (Wildman–Crippen MR) is 291 cm³/mol. The highest BCUT2D eigenvalue weighted by Gasteiger charge is 2.51. The quantitative estimate of drug-likeness (QED) is 0.110. The number of cyclic esters (lactones) is 1. The molecule has 0 radical (unpaired) electrons. The van der Waals surface area contributed by atoms with Gasteiger partial charge in [0.05, 0.1) is 54.7 Å². The Morgan fingerprint density at radius 2 is 1.47 bits per heavy atom. The number of aliphatic hydroxyl groups excluding tert-OH is 2. The fourth-order valence-electron chi connectivity index (χ4n) is 12.3. The monoisotopic (exact) mass is 1110 g/mol. The number of Topliss-reactive ketones (excluding diaryl/α,β-unsaturated/α-hetero) is 1. The van der Waals surface area contributed by atoms with Crippen molar-refractivity contribution in [2.24, 2.45) is 46.6 Å². The van der Waals surface area contributed by atoms with Crippen LogP contribution in [0.3, 0.4) is 0 Å². The van der Waals surface area contributed by atoms with Crippen molar-refractivity contribution < 1.29 is 81.9 Å². The van der Waals surface area contributed by atoms with E-state index in [1.807, 2.05) is 54.5 Å². The molecular weight excluding hydrogens is 1010 g/mol. The van der Waals surface area contributed by atoms with Crippen molar-refractivity contribution in [1.82, 2.24) is 4.90 Å². The molecule has 19 heteroatoms. The van der Waals surface area contributed by atoms with Crippen molar-refractivity contribution in [1.29, 1.82) is 0 Å². The SMILES string of the molecule is CO/N=C1\C[C@@H](C)O[C@@H](O[C@@H]2[C@@H](C)[C@H](O[C@H]3CC(C)N(CC(C)(C)c4ccccc4)C[C@H](C)O3)[C@@H](C)C(=O)O[C@H]([C@@H](C)CO[C@@H]3O[C@H](C)[C@@H](O)[C@@H](OC)[C@H]3OC)[C@H](C)[C@@H](OC(=O)CC(C)C)[C@@H](C)C(=O)[C@@](C)(O)C[C@@H]2C)[C@@H]1O. The van der Waals surface area contributed by atoms with Crippen molar-refractivity contribution in [3.8, 4) is 0 Å². The zero-order chi connectivity index (χ0) is 58.1. The van der Waals surface area contributed by atoms with E-state index in [4.69, 9.17) is 52.2 Å². The second-order valence-electron chi connectivity index (χ2n) is 24.6. The standard InChI is InChI=1S/C59H98N2O17/c1-31(2)24-44(62)75-50-38(9)49(33(4)29-71-57-53(69-17)52(68-16)46(63)41(12)74-57)77-55(66)40(11)51(76-45-25-34(5)61(28-36(7)72-45)30-58(13,14)42-22-20-19-21-23-42)37(8)48(32(3)27-59(15,67)54(65)39(50)10)78-56-47(64)43(60-70-18)26-35(6)73-56/h19-23,31-41,45-53,56-57,63-64,67H,24-30H2,1-18H3/b60-43+/t32-,33-,34?,35+,36-,37+,38-,39+,40+,41+,45-,46+,47+,48-,49+,50+,51-,52+,53+,56-,57+,59-/m0/s1. The van der Waals surface area contributed by atoms with E-state index in [0.717, 1.165) is 6.54 Å². The summed E-state index contributed by atoms with van der Waals surface area (Å²) < 4.78 is 64.1. The fraction of sp³-hybridized carbons (Fsp3) is 0.831. The molecule has 22 atom stereocenters. The number of aliphatic hydroxyl groups is 3. The molecule has 5 rings (SSSR count). The van der Waals surface area contributed by atoms with Gasteiger partial charge in [-0.2, -0.15) is 0 Å². The van der Waals surface area contributed by atoms with Gasteiger partial charge in [0.15, 0.2) is 24.7 Å². The maximum absolute atomic E-state index is 15.4. The highest BCUT2D eigenvalue weighted by Crippen LogP contribution is 2.40. The first kappa shape index (κ1) is 65.6. The lowest BCUT2D eigenvalue weighted by atomic mass is 9.74. The van der Waals surface area contributed by atoms with Crippen LogP contribution in [0.2, 0.25) is 0 Å². The lowest BCUT2D eigenvalue weighted by molar-refractivity contribution is -0.305. The summed E-state index contributed by atoms with van der Waals surface area (Å²) >= 11 is 0. The summed E-state index contributed by atoms with van der Waals surface area (Å²) in [5.41, 5.74) is -0.704. The summed E-state index contributed by atoms with van der Waals surface area (Å²) in [6.45, 7) is 29.3. The average Bonchev–Trinajstić information content (AvgIpc) is 3.56. The molecule has 0 aliphatic carbocycles. The molecule has 19 nitrogen and oxygen atoms in total. The van der Waals surface area contributed by atoms with Crippen LogP contribution in [-0.2, 0) is 72.0 Å². The Kier molecular flexibility index (Phi) is 24.1. The summed E-state index contributed by atoms with van der Waals surface area (Å²) in [4.78, 5) is 51.8. The smallest absolute Gasteiger partial charge is 0.311 e. The molecule has 4 aliphatic rings. The Morgan fingerprint density at radius 1 is 0.821 bits per heavy atom. The molecule has 1 aromatic carbocycles. The number of oxime groups is 1. The number of benzene rings is 1. The first-order chi connectivity index (χ1) is 36.5. The predicted octanol–water partition coefficient (Wildman–Crippen LogP) is 6.62. The Bertz CT molecular complexity index is 2080. The van der Waals surface area contributed by atoms with Crippen LogP contribution in [-0.4, -0.2) is 182 Å². The van der Waals surface area contributed by atoms with Gasteiger partial charge in [-0.1, -0.05) is 97.8 Å². The average molecular weight is 1110 g/mol. The van der Waals surface area contributed by atoms with E-state index in [-0.39, 0.29) is 49.3 Å². The van der Waals surface area contributed by atoms with Gasteiger partial charge in [0.2, 0.25) is 0 Å². The number of carbonyl (C=O) groups is 3. The van der Waals surface area contributed by atoms with E-state index < -0.39 is 139 Å². The molecule has 1 unspecified atom stereocenters. The number of hydrogen-bond acceptors (Lipinski definition) is 19. The maximum Gasteiger partial charge on any atom is 0.311 e. The Morgan fingerprint density at radius 3 is 2.09 bits per heavy atom. The van der Waals surface area contributed by atoms with Crippen LogP contribution in [0.4, 0.5) is 0 Å². The third kappa shape index (κ3) is 16.5. The number of methoxy groups -OCH3 is 2. The molecule has 446 valence electrons. The molecule has 4 aliphatic heterocycles. The number of carbonyl (C=O) groups excluding carboxylic acids is 3. The number of nitrogens with zero attached hydrogens (tertiary/aromatic N) is 2. The number of esters is 2. The molecule has 3 N–H and O–H groups in total. The minimum atomic E-state index is -2.03. The van der Waals surface area contributed by atoms with Crippen molar-refractivity contribution in [3.05, 3.63) is 35.9 Å². The zero-order valence-corrected chi connectivity index (χ0v) is 50.0. The van der Waals surface area contributed by atoms with Gasteiger partial charge >= 0.3 is 11.9 Å². The van der Waals surface area contributed by atoms with E-state index in [0.29, 0.717) is 18.7 Å². The van der Waals surface area contributed by atoms with Crippen LogP contribution in [0.15, 0.2) is 35.5 Å². The van der Waals surface area contributed by atoms with Gasteiger partial charge in [0.25, 0.3) is 0 Å². The molecule has 0 bridgehead atoms. The molecule has 0 spiro atoms. The molecule has 1 aromatic rings. The largest absolute Gasteiger partial charge is 0.461 e. The topological polar surface area (TPSA) is 229 Å². The van der Waals surface area contributed by atoms with E-state index in [1.165, 1.54) is 33.8 Å². The van der Waals surface area contributed by atoms with Gasteiger partial charge in [-0.15, -0.1) is 0 Å². The van der Waals surface area contributed by atoms with E-state index in [2.05, 4.69) is 55.1 Å². The summed E-state index contributed by atoms with van der Waals surface area (Å²) in [5, 5.41) is 39.3. The van der Waals surface area contributed by atoms with Gasteiger partial charge < -0.3 is 67.5 Å². The van der Waals surface area contributed by atoms with Crippen molar-refractivity contribution in [2.45, 2.75) is 233 Å². The molecule has 4 heterocycles. The van der Waals surface area contributed by atoms with Gasteiger partial charge in [-0.3, -0.25) is 19.3 Å². The molecular formula is C59H98N2O17. The molecule has 0 saturated carbocycles. The lowest BCUT2D eigenvalue weighted by Gasteiger charge is -2.44. The first-order valence-electron chi connectivity index (χ1n) is 28.4. The Hall–Kier alpha value is -3.18. The first-order valence-corrected chi connectivity index (χ1v) is 28.4. The van der Waals surface area contributed by atoms with Crippen LogP contribution < -0.4 is 0 Å². The van der Waals surface area contributed by atoms with Gasteiger partial charge in [0, 0.05) is 75.8 Å². The van der Waals surface area contributed by atoms with Crippen molar-refractivity contribution >= 4 is 23.4 Å². The van der Waals surface area contributed by atoms with Gasteiger partial charge in [0.1, 0.15) is 49.3 Å². The number of hydrogen-bond donors (Lipinski definition) is 3. The normalized spacial score (nSPS) is 40.2. The molecule has 78 heavy (non-hydrogen) atoms. The molecule has 0 amide bonds. The molecule has 4 saturated heterocycles. The minimum absolute atomic E-state index is 0.0310. The van der Waals surface area contributed by atoms with E-state index in [1.54, 1.807) is 27.7 Å². The third-order valence-corrected chi connectivity index (χ3v) is 16.6. The van der Waals surface area contributed by atoms with Crippen LogP contribution in [0.1, 0.15) is 135 Å². The second-order valence-corrected chi connectivity index (χ2v) is 24.6. The highest BCUT2D eigenvalue weighted by molar-refractivity contribution is 5.90. The van der Waals surface area contributed by atoms with Gasteiger partial charge in [-0.05, 0) is 65.4 Å². The van der Waals surface area contributed by atoms with E-state index in [9.17, 15) is 20.1 Å². The minimum Gasteiger partial charge on any atom is -0.461 e. The lowest BCUT2D eigenvalue weighted by Crippen LogP contribution is -2.59. The van der Waals surface area contributed by atoms with Crippen LogP contribution in [0, 0.1) is 41.4 Å². The molecule has 4 fully saturated rings. The third-order valence-electron chi connectivity index (χ3n) is 16.6. The number of ether oxygens (including phenoxy) is 10. The Balaban J connectivity index is 1.62. The maximum atomic E-state index is 15.4. The number of ketones is 1. The van der Waals surface area contributed by atoms with Gasteiger partial charge in [-0.25, -0.2) is 0 Å². The summed E-state index contributed by atoms with van der Waals surface area (Å²) in [7, 11) is 4.32. The fourth-order valence-corrected chi connectivity index (χ4v) is 12.3.